The Kier molecular flexibility index (Phi) is 9.05. The van der Waals surface area contributed by atoms with Gasteiger partial charge in [0.25, 0.3) is 10.0 Å². The van der Waals surface area contributed by atoms with Gasteiger partial charge in [-0.15, -0.1) is 0 Å². The second-order valence-corrected chi connectivity index (χ2v) is 13.3. The van der Waals surface area contributed by atoms with Crippen molar-refractivity contribution in [1.29, 1.82) is 0 Å². The molecule has 5 rings (SSSR count). The van der Waals surface area contributed by atoms with E-state index in [9.17, 15) is 18.0 Å². The zero-order valence-corrected chi connectivity index (χ0v) is 24.6. The molecule has 0 radical (unpaired) electrons. The van der Waals surface area contributed by atoms with Crippen molar-refractivity contribution >= 4 is 45.0 Å². The molecule has 2 atom stereocenters. The zero-order chi connectivity index (χ0) is 28.3. The molecule has 0 aromatic heterocycles. The molecule has 2 aromatic rings. The number of amides is 2. The third kappa shape index (κ3) is 6.48. The smallest absolute Gasteiger partial charge is 0.264 e. The molecule has 3 aliphatic rings. The van der Waals surface area contributed by atoms with E-state index in [1.165, 1.54) is 74.1 Å². The Morgan fingerprint density at radius 3 is 2.60 bits per heavy atom. The number of aryl methyl sites for hydroxylation is 1. The minimum atomic E-state index is -4.17. The van der Waals surface area contributed by atoms with Gasteiger partial charge in [0.05, 0.1) is 27.4 Å². The Morgan fingerprint density at radius 2 is 1.82 bits per heavy atom. The summed E-state index contributed by atoms with van der Waals surface area (Å²) >= 11 is 12.0. The molecule has 2 aliphatic heterocycles. The van der Waals surface area contributed by atoms with E-state index in [2.05, 4.69) is 33.7 Å². The highest BCUT2D eigenvalue weighted by Gasteiger charge is 2.37. The summed E-state index contributed by atoms with van der Waals surface area (Å²) in [6.45, 7) is 3.43. The standard InChI is InChI=1S/C29H34Cl2N4O4S/c30-24-10-8-22(18-25(24)31)40(38,39)35-16-12-32-29(37)27(35)19-28(36)33-26-6-4-5-21-17-20(7-9-23(21)26)11-15-34-13-2-1-3-14-34/h7-10,12,16-18,26-27H,1-6,11,13-15,19H2,(H,32,37)(H,33,36)/t26-,27-/m1/s1. The molecule has 0 spiro atoms. The van der Waals surface area contributed by atoms with Gasteiger partial charge in [0.15, 0.2) is 0 Å². The van der Waals surface area contributed by atoms with Crippen molar-refractivity contribution in [2.24, 2.45) is 0 Å². The lowest BCUT2D eigenvalue weighted by atomic mass is 9.86. The second kappa shape index (κ2) is 12.5. The fraction of sp³-hybridized carbons (Fsp3) is 0.448. The number of sulfonamides is 1. The van der Waals surface area contributed by atoms with E-state index in [1.54, 1.807) is 0 Å². The van der Waals surface area contributed by atoms with Crippen LogP contribution in [0.2, 0.25) is 10.0 Å². The van der Waals surface area contributed by atoms with Gasteiger partial charge in [0.1, 0.15) is 6.04 Å². The molecule has 11 heteroatoms. The van der Waals surface area contributed by atoms with Crippen LogP contribution in [0.15, 0.2) is 53.7 Å². The van der Waals surface area contributed by atoms with Crippen LogP contribution >= 0.6 is 23.2 Å². The first-order valence-corrected chi connectivity index (χ1v) is 16.0. The summed E-state index contributed by atoms with van der Waals surface area (Å²) < 4.78 is 27.7. The van der Waals surface area contributed by atoms with Crippen LogP contribution in [0, 0.1) is 0 Å². The summed E-state index contributed by atoms with van der Waals surface area (Å²) in [5.41, 5.74) is 3.65. The minimum absolute atomic E-state index is 0.0769. The van der Waals surface area contributed by atoms with Gasteiger partial charge in [0.2, 0.25) is 11.8 Å². The molecule has 0 unspecified atom stereocenters. The molecule has 2 N–H and O–H groups in total. The van der Waals surface area contributed by atoms with E-state index in [0.29, 0.717) is 0 Å². The fourth-order valence-electron chi connectivity index (χ4n) is 5.77. The SMILES string of the molecule is O=C(C[C@@H]1C(=O)NC=CN1S(=O)(=O)c1ccc(Cl)c(Cl)c1)N[C@@H]1CCCc2cc(CCN3CCCCC3)ccc21. The molecular formula is C29H34Cl2N4O4S. The van der Waals surface area contributed by atoms with Gasteiger partial charge in [-0.1, -0.05) is 47.8 Å². The van der Waals surface area contributed by atoms with Crippen LogP contribution in [-0.2, 0) is 32.5 Å². The first kappa shape index (κ1) is 28.9. The van der Waals surface area contributed by atoms with Crippen molar-refractivity contribution in [2.45, 2.75) is 68.3 Å². The van der Waals surface area contributed by atoms with Crippen LogP contribution in [0.1, 0.15) is 61.3 Å². The van der Waals surface area contributed by atoms with Crippen molar-refractivity contribution in [3.05, 3.63) is 75.5 Å². The number of carbonyl (C=O) groups excluding carboxylic acids is 2. The van der Waals surface area contributed by atoms with Crippen molar-refractivity contribution in [1.82, 2.24) is 19.8 Å². The third-order valence-corrected chi connectivity index (χ3v) is 10.4. The third-order valence-electron chi connectivity index (χ3n) is 7.92. The predicted molar refractivity (Wildman–Crippen MR) is 155 cm³/mol. The largest absolute Gasteiger partial charge is 0.349 e. The van der Waals surface area contributed by atoms with E-state index in [1.807, 2.05) is 0 Å². The maximum absolute atomic E-state index is 13.4. The van der Waals surface area contributed by atoms with E-state index in [-0.39, 0.29) is 27.4 Å². The Labute approximate surface area is 245 Å². The fourth-order valence-corrected chi connectivity index (χ4v) is 7.61. The van der Waals surface area contributed by atoms with Gasteiger partial charge in [0, 0.05) is 18.9 Å². The van der Waals surface area contributed by atoms with Crippen molar-refractivity contribution in [3.8, 4) is 0 Å². The number of carbonyl (C=O) groups is 2. The molecule has 1 fully saturated rings. The summed E-state index contributed by atoms with van der Waals surface area (Å²) in [6.07, 6.45) is 9.76. The van der Waals surface area contributed by atoms with Crippen molar-refractivity contribution in [3.63, 3.8) is 0 Å². The van der Waals surface area contributed by atoms with Crippen molar-refractivity contribution in [2.75, 3.05) is 19.6 Å². The molecule has 8 nitrogen and oxygen atoms in total. The van der Waals surface area contributed by atoms with Crippen molar-refractivity contribution < 1.29 is 18.0 Å². The van der Waals surface area contributed by atoms with E-state index in [0.717, 1.165) is 42.1 Å². The summed E-state index contributed by atoms with van der Waals surface area (Å²) in [7, 11) is -4.17. The lowest BCUT2D eigenvalue weighted by Crippen LogP contribution is -2.51. The van der Waals surface area contributed by atoms with E-state index in [4.69, 9.17) is 23.2 Å². The Morgan fingerprint density at radius 1 is 1.02 bits per heavy atom. The normalized spacial score (nSPS) is 21.6. The summed E-state index contributed by atoms with van der Waals surface area (Å²) in [5, 5.41) is 5.87. The highest BCUT2D eigenvalue weighted by molar-refractivity contribution is 7.89. The minimum Gasteiger partial charge on any atom is -0.349 e. The van der Waals surface area contributed by atoms with Gasteiger partial charge in [-0.05, 0) is 86.5 Å². The lowest BCUT2D eigenvalue weighted by Gasteiger charge is -2.32. The Bertz CT molecular complexity index is 1410. The number of benzene rings is 2. The van der Waals surface area contributed by atoms with Crippen LogP contribution < -0.4 is 10.6 Å². The number of likely N-dealkylation sites (tertiary alicyclic amines) is 1. The summed E-state index contributed by atoms with van der Waals surface area (Å²) in [4.78, 5) is 28.4. The molecule has 2 heterocycles. The van der Waals surface area contributed by atoms with Gasteiger partial charge >= 0.3 is 0 Å². The average molecular weight is 606 g/mol. The maximum atomic E-state index is 13.4. The lowest BCUT2D eigenvalue weighted by molar-refractivity contribution is -0.129. The second-order valence-electron chi connectivity index (χ2n) is 10.7. The highest BCUT2D eigenvalue weighted by atomic mass is 35.5. The van der Waals surface area contributed by atoms with Crippen LogP contribution in [0.3, 0.4) is 0 Å². The summed E-state index contributed by atoms with van der Waals surface area (Å²) in [5.74, 6) is -0.972. The molecular weight excluding hydrogens is 571 g/mol. The van der Waals surface area contributed by atoms with Gasteiger partial charge in [-0.3, -0.25) is 13.9 Å². The molecule has 2 aromatic carbocycles. The molecule has 214 valence electrons. The van der Waals surface area contributed by atoms with Crippen LogP contribution in [0.5, 0.6) is 0 Å². The molecule has 2 amide bonds. The topological polar surface area (TPSA) is 98.8 Å². The number of halogens is 2. The number of piperidine rings is 1. The molecule has 0 bridgehead atoms. The molecule has 1 aliphatic carbocycles. The van der Waals surface area contributed by atoms with E-state index >= 15 is 0 Å². The number of hydrogen-bond acceptors (Lipinski definition) is 5. The van der Waals surface area contributed by atoms with Gasteiger partial charge in [-0.2, -0.15) is 0 Å². The number of nitrogens with zero attached hydrogens (tertiary/aromatic N) is 2. The van der Waals surface area contributed by atoms with Crippen LogP contribution in [-0.4, -0.2) is 55.1 Å². The predicted octanol–water partition coefficient (Wildman–Crippen LogP) is 4.57. The first-order valence-electron chi connectivity index (χ1n) is 13.8. The first-order chi connectivity index (χ1) is 19.2. The molecule has 40 heavy (non-hydrogen) atoms. The summed E-state index contributed by atoms with van der Waals surface area (Å²) in [6, 6.07) is 9.03. The Hall–Kier alpha value is -2.59. The Balaban J connectivity index is 1.26. The quantitative estimate of drug-likeness (QED) is 0.460. The zero-order valence-electron chi connectivity index (χ0n) is 22.2. The van der Waals surface area contributed by atoms with Gasteiger partial charge in [-0.25, -0.2) is 8.42 Å². The average Bonchev–Trinajstić information content (AvgIpc) is 2.95. The number of fused-ring (bicyclic) bond motifs is 1. The number of nitrogens with one attached hydrogen (secondary N) is 2. The maximum Gasteiger partial charge on any atom is 0.264 e. The van der Waals surface area contributed by atoms with Gasteiger partial charge < -0.3 is 15.5 Å². The van der Waals surface area contributed by atoms with Crippen LogP contribution in [0.4, 0.5) is 0 Å². The van der Waals surface area contributed by atoms with Crippen LogP contribution in [0.25, 0.3) is 0 Å². The molecule has 0 saturated carbocycles. The van der Waals surface area contributed by atoms with E-state index < -0.39 is 27.9 Å². The highest BCUT2D eigenvalue weighted by Crippen LogP contribution is 2.32. The number of hydrogen-bond donors (Lipinski definition) is 2. The molecule has 1 saturated heterocycles. The number of rotatable bonds is 8. The monoisotopic (exact) mass is 604 g/mol.